The van der Waals surface area contributed by atoms with Crippen LogP contribution in [0.4, 0.5) is 4.79 Å². The van der Waals surface area contributed by atoms with Crippen molar-refractivity contribution in [2.24, 2.45) is 0 Å². The Hall–Kier alpha value is -1.56. The van der Waals surface area contributed by atoms with Crippen molar-refractivity contribution in [1.29, 1.82) is 0 Å². The fourth-order valence-corrected chi connectivity index (χ4v) is 1.99. The largest absolute Gasteiger partial charge is 0.444 e. The summed E-state index contributed by atoms with van der Waals surface area (Å²) >= 11 is 1.57. The third-order valence-electron chi connectivity index (χ3n) is 2.06. The summed E-state index contributed by atoms with van der Waals surface area (Å²) in [6.07, 6.45) is -0.102. The summed E-state index contributed by atoms with van der Waals surface area (Å²) < 4.78 is 5.07. The number of rotatable bonds is 5. The highest BCUT2D eigenvalue weighted by Gasteiger charge is 2.15. The second-order valence-corrected chi connectivity index (χ2v) is 5.87. The molecule has 19 heavy (non-hydrogen) atoms. The standard InChI is InChI=1S/C13H20N2O3S/c1-13(2,3)18-12(17)15-6-5-14-11(16)8-10-4-7-19-9-10/h4,7,9H,5-6,8H2,1-3H3,(H,14,16)(H,15,17). The van der Waals surface area contributed by atoms with E-state index < -0.39 is 11.7 Å². The summed E-state index contributed by atoms with van der Waals surface area (Å²) in [6, 6.07) is 1.92. The Balaban J connectivity index is 2.10. The molecular weight excluding hydrogens is 264 g/mol. The highest BCUT2D eigenvalue weighted by atomic mass is 32.1. The number of ether oxygens (including phenoxy) is 1. The van der Waals surface area contributed by atoms with Gasteiger partial charge in [-0.2, -0.15) is 11.3 Å². The lowest BCUT2D eigenvalue weighted by Gasteiger charge is -2.19. The van der Waals surface area contributed by atoms with E-state index in [-0.39, 0.29) is 5.91 Å². The van der Waals surface area contributed by atoms with E-state index in [1.165, 1.54) is 0 Å². The monoisotopic (exact) mass is 284 g/mol. The summed E-state index contributed by atoms with van der Waals surface area (Å²) in [5.74, 6) is -0.0515. The van der Waals surface area contributed by atoms with E-state index >= 15 is 0 Å². The molecule has 0 saturated carbocycles. The maximum Gasteiger partial charge on any atom is 0.407 e. The van der Waals surface area contributed by atoms with Gasteiger partial charge in [-0.25, -0.2) is 4.79 Å². The second kappa shape index (κ2) is 7.13. The fraction of sp³-hybridized carbons (Fsp3) is 0.538. The molecule has 0 aliphatic rings. The van der Waals surface area contributed by atoms with Crippen molar-refractivity contribution in [3.8, 4) is 0 Å². The van der Waals surface area contributed by atoms with Crippen LogP contribution in [0.5, 0.6) is 0 Å². The topological polar surface area (TPSA) is 67.4 Å². The molecule has 1 heterocycles. The fourth-order valence-electron chi connectivity index (χ4n) is 1.32. The Morgan fingerprint density at radius 1 is 1.26 bits per heavy atom. The van der Waals surface area contributed by atoms with E-state index in [9.17, 15) is 9.59 Å². The van der Waals surface area contributed by atoms with Gasteiger partial charge in [-0.3, -0.25) is 4.79 Å². The van der Waals surface area contributed by atoms with Gasteiger partial charge in [0.25, 0.3) is 0 Å². The molecule has 0 aliphatic heterocycles. The van der Waals surface area contributed by atoms with Crippen LogP contribution in [0.15, 0.2) is 16.8 Å². The summed E-state index contributed by atoms with van der Waals surface area (Å²) in [4.78, 5) is 22.8. The molecular formula is C13H20N2O3S. The first-order valence-corrected chi connectivity index (χ1v) is 7.06. The Morgan fingerprint density at radius 2 is 1.95 bits per heavy atom. The number of hydrogen-bond donors (Lipinski definition) is 2. The Labute approximate surface area is 117 Å². The van der Waals surface area contributed by atoms with Crippen LogP contribution in [0.3, 0.4) is 0 Å². The van der Waals surface area contributed by atoms with Crippen LogP contribution in [-0.4, -0.2) is 30.7 Å². The quantitative estimate of drug-likeness (QED) is 0.812. The lowest BCUT2D eigenvalue weighted by atomic mass is 10.2. The average molecular weight is 284 g/mol. The van der Waals surface area contributed by atoms with Gasteiger partial charge in [0, 0.05) is 13.1 Å². The number of hydrogen-bond acceptors (Lipinski definition) is 4. The molecule has 0 spiro atoms. The first-order valence-electron chi connectivity index (χ1n) is 6.11. The van der Waals surface area contributed by atoms with E-state index in [1.54, 1.807) is 32.1 Å². The average Bonchev–Trinajstić information content (AvgIpc) is 2.74. The molecule has 2 N–H and O–H groups in total. The van der Waals surface area contributed by atoms with E-state index in [0.29, 0.717) is 19.5 Å². The molecule has 0 unspecified atom stereocenters. The van der Waals surface area contributed by atoms with Crippen LogP contribution >= 0.6 is 11.3 Å². The van der Waals surface area contributed by atoms with E-state index in [1.807, 2.05) is 16.8 Å². The van der Waals surface area contributed by atoms with Crippen molar-refractivity contribution in [1.82, 2.24) is 10.6 Å². The Kier molecular flexibility index (Phi) is 5.82. The summed E-state index contributed by atoms with van der Waals surface area (Å²) in [5, 5.41) is 9.19. The molecule has 1 aromatic rings. The highest BCUT2D eigenvalue weighted by Crippen LogP contribution is 2.06. The zero-order valence-electron chi connectivity index (χ0n) is 11.5. The van der Waals surface area contributed by atoms with Crippen LogP contribution < -0.4 is 10.6 Å². The maximum atomic E-state index is 11.5. The van der Waals surface area contributed by atoms with Crippen molar-refractivity contribution < 1.29 is 14.3 Å². The molecule has 0 saturated heterocycles. The third-order valence-corrected chi connectivity index (χ3v) is 2.79. The lowest BCUT2D eigenvalue weighted by molar-refractivity contribution is -0.120. The van der Waals surface area contributed by atoms with Crippen LogP contribution in [0.25, 0.3) is 0 Å². The molecule has 106 valence electrons. The molecule has 0 radical (unpaired) electrons. The molecule has 6 heteroatoms. The van der Waals surface area contributed by atoms with Crippen LogP contribution in [-0.2, 0) is 16.0 Å². The van der Waals surface area contributed by atoms with Gasteiger partial charge in [0.15, 0.2) is 0 Å². The van der Waals surface area contributed by atoms with Crippen molar-refractivity contribution in [2.75, 3.05) is 13.1 Å². The van der Waals surface area contributed by atoms with E-state index in [2.05, 4.69) is 10.6 Å². The molecule has 0 bridgehead atoms. The minimum Gasteiger partial charge on any atom is -0.444 e. The summed E-state index contributed by atoms with van der Waals surface area (Å²) in [6.45, 7) is 6.14. The Bertz CT molecular complexity index is 410. The van der Waals surface area contributed by atoms with Gasteiger partial charge in [-0.1, -0.05) is 0 Å². The van der Waals surface area contributed by atoms with Crippen molar-refractivity contribution >= 4 is 23.3 Å². The molecule has 1 aromatic heterocycles. The SMILES string of the molecule is CC(C)(C)OC(=O)NCCNC(=O)Cc1ccsc1. The minimum absolute atomic E-state index is 0.0515. The molecule has 0 aliphatic carbocycles. The first kappa shape index (κ1) is 15.5. The predicted molar refractivity (Wildman–Crippen MR) is 75.3 cm³/mol. The van der Waals surface area contributed by atoms with Gasteiger partial charge in [0.05, 0.1) is 6.42 Å². The number of carbonyl (C=O) groups is 2. The third kappa shape index (κ3) is 7.46. The van der Waals surface area contributed by atoms with Crippen LogP contribution in [0.1, 0.15) is 26.3 Å². The van der Waals surface area contributed by atoms with E-state index in [0.717, 1.165) is 5.56 Å². The minimum atomic E-state index is -0.508. The number of alkyl carbamates (subject to hydrolysis) is 1. The normalized spacial score (nSPS) is 10.9. The number of amides is 2. The number of carbonyl (C=O) groups excluding carboxylic acids is 2. The summed E-state index contributed by atoms with van der Waals surface area (Å²) in [5.41, 5.74) is 0.495. The maximum absolute atomic E-state index is 11.5. The van der Waals surface area contributed by atoms with Crippen LogP contribution in [0.2, 0.25) is 0 Å². The first-order chi connectivity index (χ1) is 8.87. The molecule has 0 atom stereocenters. The molecule has 0 fully saturated rings. The summed E-state index contributed by atoms with van der Waals surface area (Å²) in [7, 11) is 0. The molecule has 2 amide bonds. The number of thiophene rings is 1. The van der Waals surface area contributed by atoms with Gasteiger partial charge < -0.3 is 15.4 Å². The van der Waals surface area contributed by atoms with Gasteiger partial charge in [0.1, 0.15) is 5.60 Å². The van der Waals surface area contributed by atoms with E-state index in [4.69, 9.17) is 4.74 Å². The van der Waals surface area contributed by atoms with Gasteiger partial charge in [0.2, 0.25) is 5.91 Å². The smallest absolute Gasteiger partial charge is 0.407 e. The molecule has 0 aromatic carbocycles. The number of nitrogens with one attached hydrogen (secondary N) is 2. The van der Waals surface area contributed by atoms with Crippen molar-refractivity contribution in [2.45, 2.75) is 32.8 Å². The van der Waals surface area contributed by atoms with Gasteiger partial charge >= 0.3 is 6.09 Å². The lowest BCUT2D eigenvalue weighted by Crippen LogP contribution is -2.38. The zero-order valence-corrected chi connectivity index (χ0v) is 12.3. The van der Waals surface area contributed by atoms with Crippen LogP contribution in [0, 0.1) is 0 Å². The predicted octanol–water partition coefficient (Wildman–Crippen LogP) is 1.93. The zero-order chi connectivity index (χ0) is 14.3. The highest BCUT2D eigenvalue weighted by molar-refractivity contribution is 7.07. The molecule has 1 rings (SSSR count). The van der Waals surface area contributed by atoms with Crippen molar-refractivity contribution in [3.05, 3.63) is 22.4 Å². The second-order valence-electron chi connectivity index (χ2n) is 5.09. The van der Waals surface area contributed by atoms with Crippen molar-refractivity contribution in [3.63, 3.8) is 0 Å². The Morgan fingerprint density at radius 3 is 2.53 bits per heavy atom. The van der Waals surface area contributed by atoms with Gasteiger partial charge in [-0.15, -0.1) is 0 Å². The van der Waals surface area contributed by atoms with Gasteiger partial charge in [-0.05, 0) is 43.2 Å². The molecule has 5 nitrogen and oxygen atoms in total.